The van der Waals surface area contributed by atoms with E-state index in [9.17, 15) is 0 Å². The van der Waals surface area contributed by atoms with E-state index in [0.717, 1.165) is 89.3 Å². The van der Waals surface area contributed by atoms with Gasteiger partial charge >= 0.3 is 0 Å². The van der Waals surface area contributed by atoms with Gasteiger partial charge in [-0.25, -0.2) is 19.9 Å². The maximum atomic E-state index is 6.14. The van der Waals surface area contributed by atoms with Crippen molar-refractivity contribution in [1.29, 1.82) is 0 Å². The van der Waals surface area contributed by atoms with E-state index in [0.29, 0.717) is 25.6 Å². The second-order valence-electron chi connectivity index (χ2n) is 9.36. The predicted molar refractivity (Wildman–Crippen MR) is 149 cm³/mol. The number of hydrogen-bond acceptors (Lipinski definition) is 11. The molecule has 0 aliphatic carbocycles. The molecule has 6 rings (SSSR count). The van der Waals surface area contributed by atoms with Crippen LogP contribution in [-0.2, 0) is 9.47 Å². The molecule has 1 aromatic carbocycles. The Morgan fingerprint density at radius 2 is 1.71 bits per heavy atom. The summed E-state index contributed by atoms with van der Waals surface area (Å²) < 4.78 is 18.2. The van der Waals surface area contributed by atoms with Gasteiger partial charge in [-0.05, 0) is 30.2 Å². The van der Waals surface area contributed by atoms with E-state index in [4.69, 9.17) is 29.9 Å². The van der Waals surface area contributed by atoms with Crippen molar-refractivity contribution in [2.75, 3.05) is 76.4 Å². The third kappa shape index (κ3) is 5.28. The first-order valence-electron chi connectivity index (χ1n) is 12.9. The van der Waals surface area contributed by atoms with Crippen molar-refractivity contribution in [3.8, 4) is 27.6 Å². The fraction of sp³-hybridized carbons (Fsp3) is 0.407. The number of fused-ring (bicyclic) bond motifs is 1. The number of ether oxygens (including phenoxy) is 3. The van der Waals surface area contributed by atoms with Crippen LogP contribution in [-0.4, -0.2) is 90.6 Å². The Labute approximate surface area is 225 Å². The molecule has 5 heterocycles. The molecule has 0 atom stereocenters. The molecule has 0 bridgehead atoms. The van der Waals surface area contributed by atoms with Crippen molar-refractivity contribution in [3.05, 3.63) is 42.2 Å². The average molecular weight is 534 g/mol. The van der Waals surface area contributed by atoms with Crippen LogP contribution in [0.2, 0.25) is 0 Å². The molecule has 198 valence electrons. The monoisotopic (exact) mass is 533 g/mol. The second kappa shape index (κ2) is 11.2. The minimum absolute atomic E-state index is 0.226. The first-order valence-corrected chi connectivity index (χ1v) is 13.7. The van der Waals surface area contributed by atoms with Crippen molar-refractivity contribution in [2.45, 2.75) is 6.92 Å². The number of rotatable bonds is 7. The number of hydrogen-bond donors (Lipinski definition) is 1. The number of nitrogens with zero attached hydrogens (tertiary/aromatic N) is 6. The summed E-state index contributed by atoms with van der Waals surface area (Å²) in [6, 6.07) is 8.31. The fourth-order valence-corrected chi connectivity index (χ4v) is 6.03. The molecular weight excluding hydrogens is 502 g/mol. The molecule has 4 aromatic rings. The molecule has 0 unspecified atom stereocenters. The Morgan fingerprint density at radius 3 is 2.47 bits per heavy atom. The Morgan fingerprint density at radius 1 is 0.974 bits per heavy atom. The first kappa shape index (κ1) is 24.9. The molecule has 2 aliphatic rings. The van der Waals surface area contributed by atoms with Gasteiger partial charge in [-0.1, -0.05) is 12.1 Å². The van der Waals surface area contributed by atoms with Crippen molar-refractivity contribution >= 4 is 33.3 Å². The van der Waals surface area contributed by atoms with Crippen molar-refractivity contribution < 1.29 is 14.2 Å². The van der Waals surface area contributed by atoms with E-state index < -0.39 is 0 Å². The van der Waals surface area contributed by atoms with Gasteiger partial charge in [0.15, 0.2) is 11.6 Å². The quantitative estimate of drug-likeness (QED) is 0.380. The Balaban J connectivity index is 1.33. The zero-order chi connectivity index (χ0) is 25.9. The molecule has 0 saturated carbocycles. The number of nitrogens with two attached hydrogens (primary N) is 1. The van der Waals surface area contributed by atoms with Crippen LogP contribution < -0.4 is 15.4 Å². The lowest BCUT2D eigenvalue weighted by molar-refractivity contribution is 0.0322. The lowest BCUT2D eigenvalue weighted by Gasteiger charge is -2.28. The number of aryl methyl sites for hydroxylation is 1. The summed E-state index contributed by atoms with van der Waals surface area (Å²) in [7, 11) is 0. The third-order valence-electron chi connectivity index (χ3n) is 6.86. The van der Waals surface area contributed by atoms with Gasteiger partial charge in [-0.2, -0.15) is 0 Å². The van der Waals surface area contributed by atoms with Crippen molar-refractivity contribution in [2.24, 2.45) is 0 Å². The maximum Gasteiger partial charge on any atom is 0.219 e. The summed E-state index contributed by atoms with van der Waals surface area (Å²) in [5.41, 5.74) is 9.61. The zero-order valence-electron chi connectivity index (χ0n) is 21.4. The van der Waals surface area contributed by atoms with Gasteiger partial charge in [0.25, 0.3) is 0 Å². The minimum atomic E-state index is 0.226. The van der Waals surface area contributed by atoms with Gasteiger partial charge in [0, 0.05) is 50.0 Å². The van der Waals surface area contributed by atoms with Gasteiger partial charge in [-0.15, -0.1) is 11.3 Å². The van der Waals surface area contributed by atoms with E-state index in [1.807, 2.05) is 6.07 Å². The summed E-state index contributed by atoms with van der Waals surface area (Å²) in [6.07, 6.45) is 3.35. The smallest absolute Gasteiger partial charge is 0.219 e. The van der Waals surface area contributed by atoms with Crippen molar-refractivity contribution in [1.82, 2.24) is 24.8 Å². The van der Waals surface area contributed by atoms with Gasteiger partial charge in [0.1, 0.15) is 12.4 Å². The Hall–Kier alpha value is -3.38. The number of nitrogen functional groups attached to an aromatic ring is 1. The largest absolute Gasteiger partial charge is 0.492 e. The van der Waals surface area contributed by atoms with Crippen LogP contribution >= 0.6 is 11.3 Å². The lowest BCUT2D eigenvalue weighted by atomic mass is 10.1. The average Bonchev–Trinajstić information content (AvgIpc) is 3.30. The highest BCUT2D eigenvalue weighted by Gasteiger charge is 2.23. The van der Waals surface area contributed by atoms with Crippen LogP contribution in [0.4, 0.5) is 11.8 Å². The van der Waals surface area contributed by atoms with Crippen LogP contribution in [0, 0.1) is 6.92 Å². The van der Waals surface area contributed by atoms with E-state index in [1.54, 1.807) is 23.7 Å². The Bertz CT molecular complexity index is 1400. The van der Waals surface area contributed by atoms with Crippen LogP contribution in [0.1, 0.15) is 5.56 Å². The summed E-state index contributed by atoms with van der Waals surface area (Å²) >= 11 is 1.72. The zero-order valence-corrected chi connectivity index (χ0v) is 22.2. The number of thiophene rings is 1. The molecule has 11 heteroatoms. The molecular formula is C27H31N7O3S. The third-order valence-corrected chi connectivity index (χ3v) is 8.19. The second-order valence-corrected chi connectivity index (χ2v) is 10.4. The number of aromatic nitrogens is 4. The van der Waals surface area contributed by atoms with E-state index in [2.05, 4.69) is 44.9 Å². The van der Waals surface area contributed by atoms with E-state index in [-0.39, 0.29) is 5.95 Å². The van der Waals surface area contributed by atoms with Crippen molar-refractivity contribution in [3.63, 3.8) is 0 Å². The van der Waals surface area contributed by atoms with E-state index in [1.165, 1.54) is 0 Å². The summed E-state index contributed by atoms with van der Waals surface area (Å²) in [5, 5.41) is 0. The van der Waals surface area contributed by atoms with E-state index >= 15 is 0 Å². The number of morpholine rings is 2. The summed E-state index contributed by atoms with van der Waals surface area (Å²) in [6.45, 7) is 10.1. The fourth-order valence-electron chi connectivity index (χ4n) is 4.76. The lowest BCUT2D eigenvalue weighted by Crippen LogP contribution is -2.38. The molecule has 2 saturated heterocycles. The Kier molecular flexibility index (Phi) is 7.32. The normalized spacial score (nSPS) is 16.7. The number of benzene rings is 1. The van der Waals surface area contributed by atoms with Crippen LogP contribution in [0.3, 0.4) is 0 Å². The highest BCUT2D eigenvalue weighted by molar-refractivity contribution is 7.23. The molecule has 2 aliphatic heterocycles. The van der Waals surface area contributed by atoms with Crippen LogP contribution in [0.25, 0.3) is 32.0 Å². The topological polar surface area (TPSA) is 112 Å². The van der Waals surface area contributed by atoms with Crippen LogP contribution in [0.5, 0.6) is 5.75 Å². The van der Waals surface area contributed by atoms with Crippen LogP contribution in [0.15, 0.2) is 36.7 Å². The first-order chi connectivity index (χ1) is 18.7. The highest BCUT2D eigenvalue weighted by Crippen LogP contribution is 2.42. The van der Waals surface area contributed by atoms with Gasteiger partial charge in [-0.3, -0.25) is 4.90 Å². The molecule has 2 N–H and O–H groups in total. The molecule has 3 aromatic heterocycles. The maximum absolute atomic E-state index is 6.14. The highest BCUT2D eigenvalue weighted by atomic mass is 32.1. The standard InChI is InChI=1S/C27H31N7O3S/c1-18-22-24(26(34-8-12-36-13-9-34)32-25(31-22)20-16-29-27(28)30-17-20)38-23(18)19-3-2-4-21(15-19)37-14-7-33-5-10-35-11-6-33/h2-4,15-17H,5-14H2,1H3,(H2,28,29,30). The summed E-state index contributed by atoms with van der Waals surface area (Å²) in [4.78, 5) is 24.1. The molecule has 0 amide bonds. The molecule has 10 nitrogen and oxygen atoms in total. The van der Waals surface area contributed by atoms with Gasteiger partial charge in [0.05, 0.1) is 42.2 Å². The predicted octanol–water partition coefficient (Wildman–Crippen LogP) is 3.25. The molecule has 38 heavy (non-hydrogen) atoms. The molecule has 0 radical (unpaired) electrons. The minimum Gasteiger partial charge on any atom is -0.492 e. The molecule has 0 spiro atoms. The SMILES string of the molecule is Cc1c(-c2cccc(OCCN3CCOCC3)c2)sc2c(N3CCOCC3)nc(-c3cnc(N)nc3)nc12. The number of anilines is 2. The van der Waals surface area contributed by atoms with Gasteiger partial charge < -0.3 is 24.8 Å². The van der Waals surface area contributed by atoms with Gasteiger partial charge in [0.2, 0.25) is 5.95 Å². The molecule has 2 fully saturated rings. The summed E-state index contributed by atoms with van der Waals surface area (Å²) in [5.74, 6) is 2.60.